The Morgan fingerprint density at radius 2 is 1.92 bits per heavy atom. The summed E-state index contributed by atoms with van der Waals surface area (Å²) in [4.78, 5) is 4.78. The fourth-order valence-electron chi connectivity index (χ4n) is 2.87. The summed E-state index contributed by atoms with van der Waals surface area (Å²) in [6.45, 7) is 7.05. The van der Waals surface area contributed by atoms with Gasteiger partial charge < -0.3 is 9.64 Å². The van der Waals surface area contributed by atoms with Gasteiger partial charge in [0.05, 0.1) is 12.8 Å². The Bertz CT molecular complexity index is 703. The summed E-state index contributed by atoms with van der Waals surface area (Å²) in [7, 11) is 1.68. The first-order chi connectivity index (χ1) is 11.5. The van der Waals surface area contributed by atoms with Gasteiger partial charge in [0, 0.05) is 40.0 Å². The van der Waals surface area contributed by atoms with Crippen molar-refractivity contribution in [1.82, 2.24) is 5.32 Å². The fraction of sp³-hybridized carbons (Fsp3) is 0.368. The fourth-order valence-corrected chi connectivity index (χ4v) is 3.99. The maximum absolute atomic E-state index is 6.27. The van der Waals surface area contributed by atoms with Crippen LogP contribution in [0, 0.1) is 0 Å². The highest BCUT2D eigenvalue weighted by atomic mass is 35.5. The summed E-state index contributed by atoms with van der Waals surface area (Å²) in [6, 6.07) is 14.3. The van der Waals surface area contributed by atoms with Crippen LogP contribution in [0.25, 0.3) is 0 Å². The van der Waals surface area contributed by atoms with Crippen LogP contribution < -0.4 is 15.0 Å². The monoisotopic (exact) mass is 361 g/mol. The second-order valence-electron chi connectivity index (χ2n) is 6.51. The van der Waals surface area contributed by atoms with E-state index < -0.39 is 0 Å². The van der Waals surface area contributed by atoms with Crippen LogP contribution >= 0.6 is 23.4 Å². The van der Waals surface area contributed by atoms with E-state index in [9.17, 15) is 0 Å². The molecule has 3 rings (SSSR count). The van der Waals surface area contributed by atoms with Gasteiger partial charge in [-0.1, -0.05) is 23.4 Å². The Kier molecular flexibility index (Phi) is 5.28. The van der Waals surface area contributed by atoms with E-state index in [0.29, 0.717) is 0 Å². The van der Waals surface area contributed by atoms with Crippen molar-refractivity contribution in [2.24, 2.45) is 0 Å². The van der Waals surface area contributed by atoms with Crippen molar-refractivity contribution in [3.63, 3.8) is 0 Å². The lowest BCUT2D eigenvalue weighted by Crippen LogP contribution is -2.53. The molecule has 2 aromatic rings. The molecule has 5 heteroatoms. The van der Waals surface area contributed by atoms with Gasteiger partial charge in [-0.3, -0.25) is 0 Å². The molecule has 1 heterocycles. The van der Waals surface area contributed by atoms with Crippen LogP contribution in [-0.2, 0) is 0 Å². The molecule has 0 amide bonds. The summed E-state index contributed by atoms with van der Waals surface area (Å²) >= 11 is 8.02. The van der Waals surface area contributed by atoms with Crippen molar-refractivity contribution in [3.8, 4) is 5.75 Å². The zero-order valence-electron chi connectivity index (χ0n) is 14.3. The zero-order chi connectivity index (χ0) is 17.2. The van der Waals surface area contributed by atoms with Gasteiger partial charge in [0.15, 0.2) is 0 Å². The van der Waals surface area contributed by atoms with Crippen LogP contribution in [-0.4, -0.2) is 32.3 Å². The molecule has 24 heavy (non-hydrogen) atoms. The molecule has 0 bridgehead atoms. The summed E-state index contributed by atoms with van der Waals surface area (Å²) in [6.07, 6.45) is 0. The lowest BCUT2D eigenvalue weighted by atomic mass is 10.0. The van der Waals surface area contributed by atoms with E-state index in [1.807, 2.05) is 18.2 Å². The number of halogens is 1. The van der Waals surface area contributed by atoms with Crippen molar-refractivity contribution in [3.05, 3.63) is 47.5 Å². The van der Waals surface area contributed by atoms with Crippen molar-refractivity contribution in [2.45, 2.75) is 29.2 Å². The summed E-state index contributed by atoms with van der Waals surface area (Å²) in [5.74, 6) is 0.870. The van der Waals surface area contributed by atoms with E-state index in [0.717, 1.165) is 30.4 Å². The minimum atomic E-state index is -0.0252. The summed E-state index contributed by atoms with van der Waals surface area (Å²) < 4.78 is 5.23. The van der Waals surface area contributed by atoms with Crippen LogP contribution in [0.15, 0.2) is 52.3 Å². The van der Waals surface area contributed by atoms with Crippen molar-refractivity contribution >= 4 is 29.1 Å². The second-order valence-corrected chi connectivity index (χ2v) is 8.06. The Balaban J connectivity index is 1.87. The standard InChI is InChI=1S/C19H22ClN2OS/c1-19(2)13-22(11-10-21-19)17-12-14(20)4-9-18(17)24-16-7-5-15(23-3)6-8-16/h4-9,12H,10-11,13H2,1-3H3. The summed E-state index contributed by atoms with van der Waals surface area (Å²) in [5, 5.41) is 5.47. The van der Waals surface area contributed by atoms with Gasteiger partial charge in [0.2, 0.25) is 0 Å². The lowest BCUT2D eigenvalue weighted by molar-refractivity contribution is 0.343. The third kappa shape index (κ3) is 4.18. The van der Waals surface area contributed by atoms with Crippen LogP contribution in [0.3, 0.4) is 0 Å². The van der Waals surface area contributed by atoms with E-state index in [1.54, 1.807) is 18.9 Å². The number of piperazine rings is 1. The van der Waals surface area contributed by atoms with Gasteiger partial charge >= 0.3 is 0 Å². The first-order valence-corrected chi connectivity index (χ1v) is 9.21. The summed E-state index contributed by atoms with van der Waals surface area (Å²) in [5.41, 5.74) is 1.16. The highest BCUT2D eigenvalue weighted by Gasteiger charge is 2.28. The lowest BCUT2D eigenvalue weighted by Gasteiger charge is -2.39. The molecule has 0 atom stereocenters. The van der Waals surface area contributed by atoms with Gasteiger partial charge in [0.1, 0.15) is 5.75 Å². The first-order valence-electron chi connectivity index (χ1n) is 8.02. The minimum absolute atomic E-state index is 0.0252. The molecule has 0 unspecified atom stereocenters. The smallest absolute Gasteiger partial charge is 0.118 e. The predicted octanol–water partition coefficient (Wildman–Crippen LogP) is 4.70. The molecule has 0 saturated carbocycles. The normalized spacial score (nSPS) is 16.9. The van der Waals surface area contributed by atoms with Crippen molar-refractivity contribution < 1.29 is 4.74 Å². The minimum Gasteiger partial charge on any atom is -0.497 e. The molecule has 3 nitrogen and oxygen atoms in total. The van der Waals surface area contributed by atoms with Gasteiger partial charge in [0.25, 0.3) is 0 Å². The third-order valence-electron chi connectivity index (χ3n) is 4.04. The number of rotatable bonds is 4. The van der Waals surface area contributed by atoms with E-state index >= 15 is 0 Å². The van der Waals surface area contributed by atoms with E-state index in [2.05, 4.69) is 43.0 Å². The van der Waals surface area contributed by atoms with Crippen LogP contribution in [0.1, 0.15) is 13.8 Å². The molecular weight excluding hydrogens is 340 g/mol. The molecule has 2 aromatic carbocycles. The predicted molar refractivity (Wildman–Crippen MR) is 102 cm³/mol. The van der Waals surface area contributed by atoms with Crippen LogP contribution in [0.5, 0.6) is 5.75 Å². The molecule has 0 spiro atoms. The van der Waals surface area contributed by atoms with Gasteiger partial charge in [-0.15, -0.1) is 0 Å². The molecule has 0 N–H and O–H groups in total. The van der Waals surface area contributed by atoms with E-state index in [1.165, 1.54) is 15.5 Å². The van der Waals surface area contributed by atoms with Gasteiger partial charge in [-0.25, -0.2) is 5.32 Å². The van der Waals surface area contributed by atoms with Crippen LogP contribution in [0.2, 0.25) is 5.02 Å². The SMILES string of the molecule is COc1ccc(Sc2ccc(Cl)cc2N2CC[N]C(C)(C)C2)cc1. The topological polar surface area (TPSA) is 26.6 Å². The maximum Gasteiger partial charge on any atom is 0.118 e. The number of nitrogens with zero attached hydrogens (tertiary/aromatic N) is 2. The number of hydrogen-bond acceptors (Lipinski definition) is 3. The third-order valence-corrected chi connectivity index (χ3v) is 5.34. The highest BCUT2D eigenvalue weighted by molar-refractivity contribution is 7.99. The molecule has 0 aromatic heterocycles. The Morgan fingerprint density at radius 1 is 1.17 bits per heavy atom. The quantitative estimate of drug-likeness (QED) is 0.789. The van der Waals surface area contributed by atoms with E-state index in [-0.39, 0.29) is 5.54 Å². The zero-order valence-corrected chi connectivity index (χ0v) is 15.8. The average Bonchev–Trinajstić information content (AvgIpc) is 2.56. The average molecular weight is 362 g/mol. The molecule has 127 valence electrons. The van der Waals surface area contributed by atoms with Gasteiger partial charge in [-0.05, 0) is 56.3 Å². The molecule has 1 saturated heterocycles. The second kappa shape index (κ2) is 7.26. The number of hydrogen-bond donors (Lipinski definition) is 0. The first kappa shape index (κ1) is 17.5. The van der Waals surface area contributed by atoms with Crippen LogP contribution in [0.4, 0.5) is 5.69 Å². The molecule has 1 radical (unpaired) electrons. The number of ether oxygens (including phenoxy) is 1. The molecule has 1 fully saturated rings. The van der Waals surface area contributed by atoms with E-state index in [4.69, 9.17) is 21.7 Å². The Hall–Kier alpha value is -1.36. The number of anilines is 1. The molecule has 1 aliphatic heterocycles. The molecule has 1 aliphatic rings. The van der Waals surface area contributed by atoms with Crippen molar-refractivity contribution in [1.29, 1.82) is 0 Å². The highest BCUT2D eigenvalue weighted by Crippen LogP contribution is 2.38. The number of benzene rings is 2. The Morgan fingerprint density at radius 3 is 2.58 bits per heavy atom. The number of methoxy groups -OCH3 is 1. The molecule has 0 aliphatic carbocycles. The largest absolute Gasteiger partial charge is 0.497 e. The molecular formula is C19H22ClN2OS. The van der Waals surface area contributed by atoms with Gasteiger partial charge in [-0.2, -0.15) is 0 Å². The maximum atomic E-state index is 6.27. The Labute approximate surface area is 153 Å². The van der Waals surface area contributed by atoms with Crippen molar-refractivity contribution in [2.75, 3.05) is 31.6 Å².